The number of thioether (sulfide) groups is 1. The predicted octanol–water partition coefficient (Wildman–Crippen LogP) is 1.69. The van der Waals surface area contributed by atoms with Crippen LogP contribution >= 0.6 is 11.8 Å². The van der Waals surface area contributed by atoms with Crippen LogP contribution in [0.4, 0.5) is 5.69 Å². The van der Waals surface area contributed by atoms with Crippen LogP contribution in [-0.2, 0) is 4.79 Å². The van der Waals surface area contributed by atoms with E-state index in [9.17, 15) is 4.79 Å². The minimum Gasteiger partial charge on any atom is -0.490 e. The maximum absolute atomic E-state index is 10.5. The van der Waals surface area contributed by atoms with Crippen LogP contribution in [0.25, 0.3) is 0 Å². The Morgan fingerprint density at radius 1 is 1.62 bits per heavy atom. The smallest absolute Gasteiger partial charge is 0.313 e. The molecule has 16 heavy (non-hydrogen) atoms. The second-order valence-corrected chi connectivity index (χ2v) is 4.63. The lowest BCUT2D eigenvalue weighted by Gasteiger charge is -2.27. The average Bonchev–Trinajstić information content (AvgIpc) is 2.27. The molecule has 0 unspecified atom stereocenters. The van der Waals surface area contributed by atoms with E-state index in [1.165, 1.54) is 11.8 Å². The third kappa shape index (κ3) is 2.41. The van der Waals surface area contributed by atoms with Gasteiger partial charge in [0.2, 0.25) is 0 Å². The lowest BCUT2D eigenvalue weighted by atomic mass is 10.2. The van der Waals surface area contributed by atoms with Crippen molar-refractivity contribution in [2.75, 3.05) is 30.9 Å². The van der Waals surface area contributed by atoms with Gasteiger partial charge in [0.15, 0.2) is 0 Å². The topological polar surface area (TPSA) is 49.8 Å². The van der Waals surface area contributed by atoms with Gasteiger partial charge in [0.05, 0.1) is 18.0 Å². The van der Waals surface area contributed by atoms with Crippen LogP contribution in [0, 0.1) is 0 Å². The number of hydrogen-bond acceptors (Lipinski definition) is 4. The molecule has 2 rings (SSSR count). The van der Waals surface area contributed by atoms with Crippen LogP contribution in [0.1, 0.15) is 0 Å². The second kappa shape index (κ2) is 4.65. The molecule has 0 spiro atoms. The maximum Gasteiger partial charge on any atom is 0.313 e. The molecule has 0 aliphatic carbocycles. The van der Waals surface area contributed by atoms with Gasteiger partial charge in [-0.3, -0.25) is 4.79 Å². The fraction of sp³-hybridized carbons (Fsp3) is 0.364. The molecule has 1 heterocycles. The van der Waals surface area contributed by atoms with Gasteiger partial charge in [0, 0.05) is 11.9 Å². The van der Waals surface area contributed by atoms with Crippen LogP contribution in [0.15, 0.2) is 23.1 Å². The number of carbonyl (C=O) groups is 1. The summed E-state index contributed by atoms with van der Waals surface area (Å²) in [5.74, 6) is 0.157. The maximum atomic E-state index is 10.5. The highest BCUT2D eigenvalue weighted by atomic mass is 32.2. The summed E-state index contributed by atoms with van der Waals surface area (Å²) in [6, 6.07) is 5.77. The number of carboxylic acids is 1. The SMILES string of the molecule is CN1CCOc2ccc(SCC(=O)O)cc21. The van der Waals surface area contributed by atoms with E-state index in [4.69, 9.17) is 9.84 Å². The van der Waals surface area contributed by atoms with Crippen LogP contribution < -0.4 is 9.64 Å². The van der Waals surface area contributed by atoms with Gasteiger partial charge in [0.1, 0.15) is 12.4 Å². The number of anilines is 1. The lowest BCUT2D eigenvalue weighted by Crippen LogP contribution is -2.28. The van der Waals surface area contributed by atoms with E-state index in [1.807, 2.05) is 25.2 Å². The third-order valence-electron chi connectivity index (χ3n) is 2.39. The number of likely N-dealkylation sites (N-methyl/N-ethyl adjacent to an activating group) is 1. The van der Waals surface area contributed by atoms with E-state index in [0.717, 1.165) is 22.9 Å². The standard InChI is InChI=1S/C11H13NO3S/c1-12-4-5-15-10-3-2-8(6-9(10)12)16-7-11(13)14/h2-3,6H,4-5,7H2,1H3,(H,13,14). The minimum atomic E-state index is -0.799. The number of rotatable bonds is 3. The second-order valence-electron chi connectivity index (χ2n) is 3.58. The van der Waals surface area contributed by atoms with E-state index in [0.29, 0.717) is 6.61 Å². The summed E-state index contributed by atoms with van der Waals surface area (Å²) in [5.41, 5.74) is 1.03. The molecule has 86 valence electrons. The van der Waals surface area contributed by atoms with Crippen LogP contribution in [0.5, 0.6) is 5.75 Å². The third-order valence-corrected chi connectivity index (χ3v) is 3.37. The van der Waals surface area contributed by atoms with Crippen molar-refractivity contribution >= 4 is 23.4 Å². The Bertz CT molecular complexity index is 408. The Kier molecular flexibility index (Phi) is 3.24. The first kappa shape index (κ1) is 11.1. The van der Waals surface area contributed by atoms with E-state index in [2.05, 4.69) is 4.90 Å². The van der Waals surface area contributed by atoms with Gasteiger partial charge in [-0.05, 0) is 18.2 Å². The molecule has 4 nitrogen and oxygen atoms in total. The van der Waals surface area contributed by atoms with Gasteiger partial charge < -0.3 is 14.7 Å². The molecule has 0 saturated carbocycles. The molecule has 0 aromatic heterocycles. The first-order valence-corrected chi connectivity index (χ1v) is 5.98. The van der Waals surface area contributed by atoms with Crippen LogP contribution in [0.3, 0.4) is 0 Å². The Balaban J connectivity index is 2.17. The molecule has 5 heteroatoms. The molecular weight excluding hydrogens is 226 g/mol. The van der Waals surface area contributed by atoms with Gasteiger partial charge in [-0.2, -0.15) is 0 Å². The van der Waals surface area contributed by atoms with Gasteiger partial charge in [-0.25, -0.2) is 0 Å². The highest BCUT2D eigenvalue weighted by Crippen LogP contribution is 2.34. The number of ether oxygens (including phenoxy) is 1. The fourth-order valence-corrected chi connectivity index (χ4v) is 2.21. The average molecular weight is 239 g/mol. The first-order valence-electron chi connectivity index (χ1n) is 4.99. The molecule has 0 amide bonds. The van der Waals surface area contributed by atoms with E-state index in [-0.39, 0.29) is 5.75 Å². The molecule has 0 radical (unpaired) electrons. The molecule has 1 aliphatic heterocycles. The zero-order valence-corrected chi connectivity index (χ0v) is 9.79. The molecule has 0 bridgehead atoms. The summed E-state index contributed by atoms with van der Waals surface area (Å²) in [5, 5.41) is 8.61. The van der Waals surface area contributed by atoms with E-state index < -0.39 is 5.97 Å². The van der Waals surface area contributed by atoms with Crippen molar-refractivity contribution in [1.82, 2.24) is 0 Å². The van der Waals surface area contributed by atoms with Crippen molar-refractivity contribution in [2.45, 2.75) is 4.90 Å². The summed E-state index contributed by atoms with van der Waals surface area (Å²) in [6.45, 7) is 1.56. The van der Waals surface area contributed by atoms with E-state index >= 15 is 0 Å². The number of fused-ring (bicyclic) bond motifs is 1. The van der Waals surface area contributed by atoms with Crippen molar-refractivity contribution in [2.24, 2.45) is 0 Å². The van der Waals surface area contributed by atoms with E-state index in [1.54, 1.807) is 0 Å². The van der Waals surface area contributed by atoms with Gasteiger partial charge in [-0.15, -0.1) is 11.8 Å². The number of carboxylic acid groups (broad SMARTS) is 1. The molecule has 0 atom stereocenters. The van der Waals surface area contributed by atoms with Gasteiger partial charge >= 0.3 is 5.97 Å². The monoisotopic (exact) mass is 239 g/mol. The highest BCUT2D eigenvalue weighted by molar-refractivity contribution is 8.00. The Morgan fingerprint density at radius 2 is 2.44 bits per heavy atom. The molecule has 1 N–H and O–H groups in total. The van der Waals surface area contributed by atoms with Crippen molar-refractivity contribution in [3.63, 3.8) is 0 Å². The normalized spacial score (nSPS) is 14.2. The minimum absolute atomic E-state index is 0.0867. The molecule has 1 aliphatic rings. The molecule has 0 saturated heterocycles. The fourth-order valence-electron chi connectivity index (χ4n) is 1.57. The van der Waals surface area contributed by atoms with Crippen molar-refractivity contribution in [3.8, 4) is 5.75 Å². The lowest BCUT2D eigenvalue weighted by molar-refractivity contribution is -0.133. The van der Waals surface area contributed by atoms with Gasteiger partial charge in [0.25, 0.3) is 0 Å². The predicted molar refractivity (Wildman–Crippen MR) is 63.6 cm³/mol. The molecular formula is C11H13NO3S. The largest absolute Gasteiger partial charge is 0.490 e. The Morgan fingerprint density at radius 3 is 3.19 bits per heavy atom. The molecule has 1 aromatic rings. The summed E-state index contributed by atoms with van der Waals surface area (Å²) < 4.78 is 5.51. The van der Waals surface area contributed by atoms with Crippen molar-refractivity contribution in [1.29, 1.82) is 0 Å². The summed E-state index contributed by atoms with van der Waals surface area (Å²) in [7, 11) is 2.01. The van der Waals surface area contributed by atoms with Crippen molar-refractivity contribution in [3.05, 3.63) is 18.2 Å². The Labute approximate surface area is 98.2 Å². The highest BCUT2D eigenvalue weighted by Gasteiger charge is 2.15. The number of nitrogens with zero attached hydrogens (tertiary/aromatic N) is 1. The number of aliphatic carboxylic acids is 1. The van der Waals surface area contributed by atoms with Crippen LogP contribution in [-0.4, -0.2) is 37.0 Å². The molecule has 0 fully saturated rings. The van der Waals surface area contributed by atoms with Gasteiger partial charge in [-0.1, -0.05) is 0 Å². The number of hydrogen-bond donors (Lipinski definition) is 1. The van der Waals surface area contributed by atoms with Crippen LogP contribution in [0.2, 0.25) is 0 Å². The summed E-state index contributed by atoms with van der Waals surface area (Å²) in [6.07, 6.45) is 0. The quantitative estimate of drug-likeness (QED) is 0.813. The zero-order chi connectivity index (χ0) is 11.5. The molecule has 1 aromatic carbocycles. The van der Waals surface area contributed by atoms with Crippen molar-refractivity contribution < 1.29 is 14.6 Å². The summed E-state index contributed by atoms with van der Waals surface area (Å²) in [4.78, 5) is 13.5. The Hall–Kier alpha value is -1.36. The zero-order valence-electron chi connectivity index (χ0n) is 8.97. The summed E-state index contributed by atoms with van der Waals surface area (Å²) >= 11 is 1.32. The number of benzene rings is 1. The first-order chi connectivity index (χ1) is 7.66.